The molecule has 15 aliphatic rings. The van der Waals surface area contributed by atoms with Crippen LogP contribution in [0, 0.1) is 0 Å². The Bertz CT molecular complexity index is 5290. The first-order valence-corrected chi connectivity index (χ1v) is 35.4. The van der Waals surface area contributed by atoms with Gasteiger partial charge < -0.3 is 28.4 Å². The number of hydrogen-bond donors (Lipinski definition) is 0. The zero-order valence-corrected chi connectivity index (χ0v) is 55.9. The third kappa shape index (κ3) is 8.08. The zero-order chi connectivity index (χ0) is 70.0. The second-order valence-corrected chi connectivity index (χ2v) is 29.3. The Morgan fingerprint density at radius 2 is 0.349 bits per heavy atom. The van der Waals surface area contributed by atoms with Crippen molar-refractivity contribution in [2.75, 3.05) is 29.4 Å². The van der Waals surface area contributed by atoms with Gasteiger partial charge in [0.25, 0.3) is 0 Å². The minimum absolute atomic E-state index is 0.194. The molecule has 6 aliphatic carbocycles. The van der Waals surface area contributed by atoms with Gasteiger partial charge in [-0.2, -0.15) is 0 Å². The molecule has 506 valence electrons. The fourth-order valence-corrected chi connectivity index (χ4v) is 18.8. The monoisotopic (exact) mass is 1380 g/mol. The lowest BCUT2D eigenvalue weighted by Gasteiger charge is -2.44. The molecule has 0 unspecified atom stereocenters. The number of amides is 6. The summed E-state index contributed by atoms with van der Waals surface area (Å²) in [4.78, 5) is 97.2. The van der Waals surface area contributed by atoms with Gasteiger partial charge in [0, 0.05) is 91.2 Å². The van der Waals surface area contributed by atoms with E-state index in [0.717, 1.165) is 134 Å². The van der Waals surface area contributed by atoms with Crippen LogP contribution in [0.25, 0.3) is 33.4 Å². The minimum atomic E-state index is -0.529. The predicted molar refractivity (Wildman–Crippen MR) is 391 cm³/mol. The number of anilines is 6. The second-order valence-electron chi connectivity index (χ2n) is 29.3. The molecule has 0 spiro atoms. The predicted octanol–water partition coefficient (Wildman–Crippen LogP) is 18.4. The van der Waals surface area contributed by atoms with Gasteiger partial charge in [0.15, 0.2) is 0 Å². The van der Waals surface area contributed by atoms with E-state index in [2.05, 4.69) is 72.8 Å². The Labute approximate surface area is 603 Å². The second kappa shape index (κ2) is 20.5. The number of rotatable bonds is 0. The van der Waals surface area contributed by atoms with Crippen LogP contribution in [0.15, 0.2) is 218 Å². The first kappa shape index (κ1) is 57.8. The van der Waals surface area contributed by atoms with Gasteiger partial charge in [-0.05, 0) is 246 Å². The van der Waals surface area contributed by atoms with Crippen molar-refractivity contribution in [2.45, 2.75) is 62.9 Å². The highest BCUT2D eigenvalue weighted by molar-refractivity contribution is 5.98. The van der Waals surface area contributed by atoms with Gasteiger partial charge in [-0.1, -0.05) is 72.8 Å². The quantitative estimate of drug-likeness (QED) is 0.141. The summed E-state index contributed by atoms with van der Waals surface area (Å²) in [6.45, 7) is 1.16. The Balaban J connectivity index is 0.722. The number of carbonyl (C=O) groups excluding carboxylic acids is 6. The van der Waals surface area contributed by atoms with Gasteiger partial charge in [0.2, 0.25) is 0 Å². The van der Waals surface area contributed by atoms with Gasteiger partial charge in [0.05, 0.1) is 39.3 Å². The van der Waals surface area contributed by atoms with E-state index >= 15 is 0 Å². The molecule has 0 N–H and O–H groups in total. The molecule has 27 rings (SSSR count). The molecule has 18 heteroatoms. The Kier molecular flexibility index (Phi) is 11.2. The third-order valence-electron chi connectivity index (χ3n) is 23.9. The van der Waals surface area contributed by atoms with Gasteiger partial charge in [-0.3, -0.25) is 29.4 Å². The standard InChI is InChI=1S/C88H52N6O12/c95-83-89-37-49-25-43(1-19-73(49)101-83)44-2-20-74-50(26-44)38-90(84(96)102-74)56-8-14-62-68(32-56)82-71-35-59-11-17-65(71)80(62)66-18-12-60(36-72(66)82)94-42-54-30-48(6-24-78(54)106-88(94)100)46-4-22-76-52(28-46)40-92(86(98)104-76)58-10-16-64-70(34-58)81-67-31-55(89)7-13-61(67)79(64)63-15-9-57(33-69(63)81)91-39-51-27-45(3-21-75(51)103-85(91)97)47-5-23-77-53(29-47)41-93(59)87(99)105-77/h1-36,79-82H,37-42H2. The van der Waals surface area contributed by atoms with Crippen LogP contribution in [0.2, 0.25) is 0 Å². The zero-order valence-electron chi connectivity index (χ0n) is 55.9. The number of benzene rings is 12. The van der Waals surface area contributed by atoms with Gasteiger partial charge in [-0.25, -0.2) is 28.8 Å². The molecule has 12 aromatic rings. The van der Waals surface area contributed by atoms with Crippen LogP contribution >= 0.6 is 0 Å². The van der Waals surface area contributed by atoms with Crippen LogP contribution in [0.1, 0.15) is 124 Å². The number of ether oxygens (including phenoxy) is 6. The molecule has 12 aromatic carbocycles. The highest BCUT2D eigenvalue weighted by Gasteiger charge is 2.47. The molecule has 0 saturated heterocycles. The molecule has 6 amide bonds. The summed E-state index contributed by atoms with van der Waals surface area (Å²) in [6.07, 6.45) is -3.18. The van der Waals surface area contributed by atoms with E-state index in [0.29, 0.717) is 68.6 Å². The van der Waals surface area contributed by atoms with Crippen molar-refractivity contribution in [3.8, 4) is 67.9 Å². The Hall–Kier alpha value is -13.7. The van der Waals surface area contributed by atoms with Crippen LogP contribution in [0.5, 0.6) is 34.5 Å². The SMILES string of the molecule is O=C1Oc2ccc3cc2CN1c1ccc2c(c1)C1c4cc5ccc4C2c2ccc(cc21)N1Cc2cc(ccc2OC1=O)-c1ccc2c(c1)CN(C(=O)O2)c1ccc2c(c1)C1c4cc(ccc4C2c2ccc(cc21)N1Cc2cc(ccc2OC1=O)-c1ccc2c(c1)CN5C(=O)O2)N1Cc2cc-3ccc2OC1=O. The maximum Gasteiger partial charge on any atom is 0.420 e. The van der Waals surface area contributed by atoms with Gasteiger partial charge in [0.1, 0.15) is 34.5 Å². The summed E-state index contributed by atoms with van der Waals surface area (Å²) in [5.41, 5.74) is 25.7. The molecule has 18 nitrogen and oxygen atoms in total. The summed E-state index contributed by atoms with van der Waals surface area (Å²) in [7, 11) is 0. The maximum absolute atomic E-state index is 14.5. The van der Waals surface area contributed by atoms with Crippen molar-refractivity contribution in [2.24, 2.45) is 0 Å². The van der Waals surface area contributed by atoms with Gasteiger partial charge in [-0.15, -0.1) is 0 Å². The van der Waals surface area contributed by atoms with Crippen molar-refractivity contribution < 1.29 is 57.2 Å². The van der Waals surface area contributed by atoms with E-state index in [9.17, 15) is 28.8 Å². The summed E-state index contributed by atoms with van der Waals surface area (Å²) >= 11 is 0. The molecule has 0 saturated carbocycles. The fourth-order valence-electron chi connectivity index (χ4n) is 18.8. The first-order chi connectivity index (χ1) is 51.9. The maximum atomic E-state index is 14.5. The van der Waals surface area contributed by atoms with Crippen LogP contribution in [-0.2, 0) is 39.3 Å². The van der Waals surface area contributed by atoms with E-state index in [1.165, 1.54) is 0 Å². The van der Waals surface area contributed by atoms with E-state index in [1.807, 2.05) is 146 Å². The molecule has 9 heterocycles. The van der Waals surface area contributed by atoms with Crippen molar-refractivity contribution in [3.63, 3.8) is 0 Å². The van der Waals surface area contributed by atoms with Crippen LogP contribution in [-0.4, -0.2) is 36.6 Å². The summed E-state index contributed by atoms with van der Waals surface area (Å²) in [5, 5.41) is 0. The highest BCUT2D eigenvalue weighted by Crippen LogP contribution is 2.61. The van der Waals surface area contributed by atoms with E-state index in [4.69, 9.17) is 28.4 Å². The highest BCUT2D eigenvalue weighted by atomic mass is 16.6. The van der Waals surface area contributed by atoms with E-state index in [1.54, 1.807) is 29.4 Å². The summed E-state index contributed by atoms with van der Waals surface area (Å²) < 4.78 is 37.3. The van der Waals surface area contributed by atoms with E-state index < -0.39 is 48.4 Å². The van der Waals surface area contributed by atoms with Crippen LogP contribution in [0.3, 0.4) is 0 Å². The van der Waals surface area contributed by atoms with Crippen LogP contribution < -0.4 is 57.8 Å². The van der Waals surface area contributed by atoms with Gasteiger partial charge >= 0.3 is 36.6 Å². The molecule has 106 heavy (non-hydrogen) atoms. The largest absolute Gasteiger partial charge is 0.420 e. The first-order valence-electron chi connectivity index (χ1n) is 35.4. The number of hydrogen-bond acceptors (Lipinski definition) is 12. The fraction of sp³-hybridized carbons (Fsp3) is 0.114. The summed E-state index contributed by atoms with van der Waals surface area (Å²) in [6, 6.07) is 72.0. The number of carbonyl (C=O) groups is 6. The molecule has 34 bridgehead atoms. The topological polar surface area (TPSA) is 177 Å². The Morgan fingerprint density at radius 1 is 0.189 bits per heavy atom. The van der Waals surface area contributed by atoms with Crippen LogP contribution in [0.4, 0.5) is 62.9 Å². The molecule has 9 aliphatic heterocycles. The van der Waals surface area contributed by atoms with Crippen molar-refractivity contribution in [1.29, 1.82) is 0 Å². The smallest absolute Gasteiger partial charge is 0.410 e. The molecule has 0 aromatic heterocycles. The Morgan fingerprint density at radius 3 is 0.519 bits per heavy atom. The third-order valence-corrected chi connectivity index (χ3v) is 23.9. The van der Waals surface area contributed by atoms with Crippen molar-refractivity contribution in [1.82, 2.24) is 0 Å². The lowest BCUT2D eigenvalue weighted by atomic mass is 9.61. The molecule has 0 fully saturated rings. The molecule has 0 radical (unpaired) electrons. The minimum Gasteiger partial charge on any atom is -0.410 e. The normalized spacial score (nSPS) is 19.4. The van der Waals surface area contributed by atoms with E-state index in [-0.39, 0.29) is 51.1 Å². The lowest BCUT2D eigenvalue weighted by molar-refractivity contribution is 0.202. The average molecular weight is 1390 g/mol. The lowest BCUT2D eigenvalue weighted by Crippen LogP contribution is -2.38. The van der Waals surface area contributed by atoms with Crippen molar-refractivity contribution in [3.05, 3.63) is 319 Å². The molecular weight excluding hydrogens is 1330 g/mol. The number of nitrogens with zero attached hydrogens (tertiary/aromatic N) is 6. The molecular formula is C88H52N6O12. The molecule has 0 atom stereocenters. The summed E-state index contributed by atoms with van der Waals surface area (Å²) in [5.74, 6) is 1.18. The average Bonchev–Trinajstić information content (AvgIpc) is 0.699. The van der Waals surface area contributed by atoms with Crippen molar-refractivity contribution >= 4 is 70.7 Å².